The van der Waals surface area contributed by atoms with Crippen LogP contribution in [0, 0.1) is 0 Å². The lowest BCUT2D eigenvalue weighted by Crippen LogP contribution is -2.44. The molecular weight excluding hydrogens is 378 g/mol. The average molecular weight is 400 g/mol. The molecule has 1 fully saturated rings. The van der Waals surface area contributed by atoms with E-state index in [1.807, 2.05) is 50.9 Å². The summed E-state index contributed by atoms with van der Waals surface area (Å²) < 4.78 is 7.37. The van der Waals surface area contributed by atoms with Crippen molar-refractivity contribution in [3.8, 4) is 0 Å². The number of nitrogens with zero attached hydrogens (tertiary/aromatic N) is 5. The van der Waals surface area contributed by atoms with Crippen molar-refractivity contribution in [3.05, 3.63) is 66.1 Å². The molecule has 0 aliphatic carbocycles. The Morgan fingerprint density at radius 3 is 2.79 bits per heavy atom. The monoisotopic (exact) mass is 399 g/mol. The molecule has 0 unspecified atom stereocenters. The number of likely N-dealkylation sites (tertiary alicyclic amines) is 1. The van der Waals surface area contributed by atoms with Crippen LogP contribution in [-0.2, 0) is 11.3 Å². The number of carbonyl (C=O) groups excluding carboxylic acids is 1. The average Bonchev–Trinajstić information content (AvgIpc) is 3.42. The molecule has 146 valence electrons. The molecule has 3 heterocycles. The van der Waals surface area contributed by atoms with Gasteiger partial charge in [0.15, 0.2) is 0 Å². The van der Waals surface area contributed by atoms with E-state index >= 15 is 0 Å². The lowest BCUT2D eigenvalue weighted by atomic mass is 10.1. The van der Waals surface area contributed by atoms with E-state index in [-0.39, 0.29) is 12.5 Å². The van der Waals surface area contributed by atoms with Crippen molar-refractivity contribution < 1.29 is 9.21 Å². The summed E-state index contributed by atoms with van der Waals surface area (Å²) in [6.07, 6.45) is 6.69. The SMILES string of the molecule is O=C(CN(Cc1ccco1)c1cccc(Cl)c1)N1CCC(n2cncn2)CC1. The summed E-state index contributed by atoms with van der Waals surface area (Å²) >= 11 is 6.16. The van der Waals surface area contributed by atoms with Crippen molar-refractivity contribution in [2.24, 2.45) is 0 Å². The molecule has 4 rings (SSSR count). The van der Waals surface area contributed by atoms with Crippen LogP contribution in [0.4, 0.5) is 5.69 Å². The van der Waals surface area contributed by atoms with E-state index in [0.717, 1.165) is 24.3 Å². The van der Waals surface area contributed by atoms with Crippen molar-refractivity contribution in [1.29, 1.82) is 0 Å². The van der Waals surface area contributed by atoms with Gasteiger partial charge in [-0.2, -0.15) is 5.10 Å². The third-order valence-corrected chi connectivity index (χ3v) is 5.29. The standard InChI is InChI=1S/C20H22ClN5O2/c21-16-3-1-4-18(11-16)25(12-19-5-2-10-28-19)13-20(27)24-8-6-17(7-9-24)26-15-22-14-23-26/h1-5,10-11,14-15,17H,6-9,12-13H2. The van der Waals surface area contributed by atoms with E-state index in [4.69, 9.17) is 16.0 Å². The third-order valence-electron chi connectivity index (χ3n) is 5.05. The Balaban J connectivity index is 1.42. The fourth-order valence-electron chi connectivity index (χ4n) is 3.55. The largest absolute Gasteiger partial charge is 0.467 e. The number of hydrogen-bond acceptors (Lipinski definition) is 5. The zero-order chi connectivity index (χ0) is 19.3. The molecule has 1 saturated heterocycles. The second-order valence-electron chi connectivity index (χ2n) is 6.90. The van der Waals surface area contributed by atoms with E-state index < -0.39 is 0 Å². The highest BCUT2D eigenvalue weighted by Crippen LogP contribution is 2.24. The zero-order valence-electron chi connectivity index (χ0n) is 15.4. The Morgan fingerprint density at radius 1 is 1.25 bits per heavy atom. The van der Waals surface area contributed by atoms with Crippen LogP contribution in [0.2, 0.25) is 5.02 Å². The van der Waals surface area contributed by atoms with Crippen LogP contribution in [0.3, 0.4) is 0 Å². The Kier molecular flexibility index (Phi) is 5.62. The first-order chi connectivity index (χ1) is 13.7. The number of anilines is 1. The minimum atomic E-state index is 0.101. The van der Waals surface area contributed by atoms with Gasteiger partial charge in [-0.1, -0.05) is 17.7 Å². The highest BCUT2D eigenvalue weighted by molar-refractivity contribution is 6.30. The fourth-order valence-corrected chi connectivity index (χ4v) is 3.74. The molecule has 1 aliphatic rings. The van der Waals surface area contributed by atoms with Crippen LogP contribution >= 0.6 is 11.6 Å². The molecule has 7 nitrogen and oxygen atoms in total. The lowest BCUT2D eigenvalue weighted by molar-refractivity contribution is -0.131. The lowest BCUT2D eigenvalue weighted by Gasteiger charge is -2.34. The second kappa shape index (κ2) is 8.48. The minimum absolute atomic E-state index is 0.101. The van der Waals surface area contributed by atoms with E-state index in [1.54, 1.807) is 18.9 Å². The second-order valence-corrected chi connectivity index (χ2v) is 7.34. The van der Waals surface area contributed by atoms with Crippen LogP contribution in [0.25, 0.3) is 0 Å². The summed E-state index contributed by atoms with van der Waals surface area (Å²) in [6.45, 7) is 2.21. The maximum absolute atomic E-state index is 13.0. The van der Waals surface area contributed by atoms with Gasteiger partial charge in [-0.25, -0.2) is 9.67 Å². The molecule has 2 aromatic heterocycles. The van der Waals surface area contributed by atoms with Gasteiger partial charge in [-0.05, 0) is 43.2 Å². The van der Waals surface area contributed by atoms with Crippen molar-refractivity contribution in [3.63, 3.8) is 0 Å². The predicted molar refractivity (Wildman–Crippen MR) is 106 cm³/mol. The quantitative estimate of drug-likeness (QED) is 0.635. The number of aromatic nitrogens is 3. The molecule has 0 atom stereocenters. The highest BCUT2D eigenvalue weighted by Gasteiger charge is 2.25. The van der Waals surface area contributed by atoms with Crippen LogP contribution in [0.15, 0.2) is 59.7 Å². The Hall–Kier alpha value is -2.80. The van der Waals surface area contributed by atoms with E-state index in [0.29, 0.717) is 30.7 Å². The molecule has 0 saturated carbocycles. The van der Waals surface area contributed by atoms with Crippen molar-refractivity contribution in [2.75, 3.05) is 24.5 Å². The molecule has 1 aromatic carbocycles. The zero-order valence-corrected chi connectivity index (χ0v) is 16.2. The number of carbonyl (C=O) groups is 1. The third kappa shape index (κ3) is 4.36. The number of benzene rings is 1. The molecule has 1 aliphatic heterocycles. The van der Waals surface area contributed by atoms with Gasteiger partial charge in [0.05, 0.1) is 25.4 Å². The number of halogens is 1. The molecule has 8 heteroatoms. The Labute approximate surface area is 168 Å². The van der Waals surface area contributed by atoms with E-state index in [1.165, 1.54) is 0 Å². The first-order valence-corrected chi connectivity index (χ1v) is 9.71. The van der Waals surface area contributed by atoms with Gasteiger partial charge in [0.1, 0.15) is 18.4 Å². The molecule has 1 amide bonds. The van der Waals surface area contributed by atoms with Crippen LogP contribution in [0.1, 0.15) is 24.6 Å². The topological polar surface area (TPSA) is 67.4 Å². The summed E-state index contributed by atoms with van der Waals surface area (Å²) in [5.74, 6) is 0.904. The molecule has 0 N–H and O–H groups in total. The normalized spacial score (nSPS) is 15.0. The van der Waals surface area contributed by atoms with E-state index in [2.05, 4.69) is 10.1 Å². The maximum atomic E-state index is 13.0. The molecular formula is C20H22ClN5O2. The fraction of sp³-hybridized carbons (Fsp3) is 0.350. The maximum Gasteiger partial charge on any atom is 0.242 e. The number of furan rings is 1. The van der Waals surface area contributed by atoms with Crippen molar-refractivity contribution in [1.82, 2.24) is 19.7 Å². The molecule has 0 bridgehead atoms. The Morgan fingerprint density at radius 2 is 2.11 bits per heavy atom. The summed E-state index contributed by atoms with van der Waals surface area (Å²) in [5.41, 5.74) is 0.898. The van der Waals surface area contributed by atoms with Gasteiger partial charge in [-0.3, -0.25) is 4.79 Å². The van der Waals surface area contributed by atoms with Crippen LogP contribution in [-0.4, -0.2) is 45.2 Å². The van der Waals surface area contributed by atoms with Gasteiger partial charge in [0, 0.05) is 23.8 Å². The van der Waals surface area contributed by atoms with Gasteiger partial charge in [-0.15, -0.1) is 0 Å². The van der Waals surface area contributed by atoms with Gasteiger partial charge < -0.3 is 14.2 Å². The predicted octanol–water partition coefficient (Wildman–Crippen LogP) is 3.39. The van der Waals surface area contributed by atoms with Gasteiger partial charge in [0.25, 0.3) is 0 Å². The first kappa shape index (κ1) is 18.6. The van der Waals surface area contributed by atoms with E-state index in [9.17, 15) is 4.79 Å². The minimum Gasteiger partial charge on any atom is -0.467 e. The summed E-state index contributed by atoms with van der Waals surface area (Å²) in [5, 5.41) is 4.86. The van der Waals surface area contributed by atoms with Gasteiger partial charge in [0.2, 0.25) is 5.91 Å². The summed E-state index contributed by atoms with van der Waals surface area (Å²) in [7, 11) is 0. The van der Waals surface area contributed by atoms with Crippen molar-refractivity contribution in [2.45, 2.75) is 25.4 Å². The number of amides is 1. The van der Waals surface area contributed by atoms with Crippen LogP contribution in [0.5, 0.6) is 0 Å². The summed E-state index contributed by atoms with van der Waals surface area (Å²) in [4.78, 5) is 20.9. The summed E-state index contributed by atoms with van der Waals surface area (Å²) in [6, 6.07) is 11.6. The van der Waals surface area contributed by atoms with Crippen molar-refractivity contribution >= 4 is 23.2 Å². The molecule has 0 radical (unpaired) electrons. The van der Waals surface area contributed by atoms with Gasteiger partial charge >= 0.3 is 0 Å². The molecule has 0 spiro atoms. The molecule has 3 aromatic rings. The number of rotatable bonds is 6. The molecule has 28 heavy (non-hydrogen) atoms. The first-order valence-electron chi connectivity index (χ1n) is 9.34. The smallest absolute Gasteiger partial charge is 0.242 e. The number of hydrogen-bond donors (Lipinski definition) is 0. The van der Waals surface area contributed by atoms with Crippen LogP contribution < -0.4 is 4.90 Å². The highest BCUT2D eigenvalue weighted by atomic mass is 35.5. The Bertz CT molecular complexity index is 889. The number of piperidine rings is 1.